The minimum atomic E-state index is -0.388. The van der Waals surface area contributed by atoms with Gasteiger partial charge in [-0.1, -0.05) is 35.9 Å². The SMILES string of the molecule is Cc1ccc(CNCc2cccc(C(N)=O)c2)c(C)c1. The second kappa shape index (κ2) is 6.35. The van der Waals surface area contributed by atoms with Crippen LogP contribution in [0.4, 0.5) is 0 Å². The third-order valence-electron chi connectivity index (χ3n) is 3.35. The quantitative estimate of drug-likeness (QED) is 0.876. The normalized spacial score (nSPS) is 10.5. The fourth-order valence-corrected chi connectivity index (χ4v) is 2.22. The van der Waals surface area contributed by atoms with E-state index < -0.39 is 0 Å². The molecular formula is C17H20N2O. The van der Waals surface area contributed by atoms with Crippen molar-refractivity contribution in [2.75, 3.05) is 0 Å². The van der Waals surface area contributed by atoms with Crippen LogP contribution in [0.5, 0.6) is 0 Å². The lowest BCUT2D eigenvalue weighted by molar-refractivity contribution is 0.1000. The molecule has 3 heteroatoms. The van der Waals surface area contributed by atoms with Crippen molar-refractivity contribution in [1.82, 2.24) is 5.32 Å². The number of carbonyl (C=O) groups is 1. The van der Waals surface area contributed by atoms with Gasteiger partial charge in [0.1, 0.15) is 0 Å². The van der Waals surface area contributed by atoms with E-state index in [1.54, 1.807) is 6.07 Å². The van der Waals surface area contributed by atoms with Crippen LogP contribution >= 0.6 is 0 Å². The minimum absolute atomic E-state index is 0.388. The van der Waals surface area contributed by atoms with Crippen LogP contribution in [0.2, 0.25) is 0 Å². The summed E-state index contributed by atoms with van der Waals surface area (Å²) >= 11 is 0. The summed E-state index contributed by atoms with van der Waals surface area (Å²) < 4.78 is 0. The maximum Gasteiger partial charge on any atom is 0.248 e. The van der Waals surface area contributed by atoms with E-state index >= 15 is 0 Å². The molecule has 0 saturated heterocycles. The largest absolute Gasteiger partial charge is 0.366 e. The Bertz CT molecular complexity index is 620. The molecule has 3 N–H and O–H groups in total. The number of benzene rings is 2. The first kappa shape index (κ1) is 14.3. The molecule has 0 aromatic heterocycles. The molecule has 0 fully saturated rings. The van der Waals surface area contributed by atoms with Gasteiger partial charge in [-0.3, -0.25) is 4.79 Å². The van der Waals surface area contributed by atoms with Crippen LogP contribution < -0.4 is 11.1 Å². The molecule has 1 amide bonds. The molecule has 2 rings (SSSR count). The molecule has 0 spiro atoms. The number of rotatable bonds is 5. The van der Waals surface area contributed by atoms with Gasteiger partial charge in [0.05, 0.1) is 0 Å². The smallest absolute Gasteiger partial charge is 0.248 e. The highest BCUT2D eigenvalue weighted by molar-refractivity contribution is 5.92. The molecule has 0 bridgehead atoms. The second-order valence-corrected chi connectivity index (χ2v) is 5.10. The zero-order chi connectivity index (χ0) is 14.5. The summed E-state index contributed by atoms with van der Waals surface area (Å²) in [5, 5.41) is 3.39. The zero-order valence-electron chi connectivity index (χ0n) is 11.9. The Labute approximate surface area is 119 Å². The van der Waals surface area contributed by atoms with E-state index in [4.69, 9.17) is 5.73 Å². The fourth-order valence-electron chi connectivity index (χ4n) is 2.22. The monoisotopic (exact) mass is 268 g/mol. The Morgan fingerprint density at radius 1 is 1.10 bits per heavy atom. The van der Waals surface area contributed by atoms with Gasteiger partial charge < -0.3 is 11.1 Å². The molecule has 0 aliphatic rings. The van der Waals surface area contributed by atoms with Crippen molar-refractivity contribution in [3.8, 4) is 0 Å². The van der Waals surface area contributed by atoms with E-state index in [2.05, 4.69) is 37.4 Å². The molecule has 0 saturated carbocycles. The van der Waals surface area contributed by atoms with Crippen LogP contribution in [0.3, 0.4) is 0 Å². The van der Waals surface area contributed by atoms with Gasteiger partial charge in [0.25, 0.3) is 0 Å². The first-order chi connectivity index (χ1) is 9.56. The highest BCUT2D eigenvalue weighted by Gasteiger charge is 2.02. The topological polar surface area (TPSA) is 55.1 Å². The molecule has 104 valence electrons. The van der Waals surface area contributed by atoms with E-state index in [-0.39, 0.29) is 5.91 Å². The van der Waals surface area contributed by atoms with Crippen LogP contribution in [0, 0.1) is 13.8 Å². The van der Waals surface area contributed by atoms with Crippen LogP contribution in [-0.4, -0.2) is 5.91 Å². The highest BCUT2D eigenvalue weighted by Crippen LogP contribution is 2.11. The predicted molar refractivity (Wildman–Crippen MR) is 81.4 cm³/mol. The Kier molecular flexibility index (Phi) is 4.53. The summed E-state index contributed by atoms with van der Waals surface area (Å²) in [4.78, 5) is 11.1. The number of carbonyl (C=O) groups excluding carboxylic acids is 1. The first-order valence-electron chi connectivity index (χ1n) is 6.72. The minimum Gasteiger partial charge on any atom is -0.366 e. The van der Waals surface area contributed by atoms with Crippen LogP contribution in [0.1, 0.15) is 32.6 Å². The molecule has 0 aliphatic heterocycles. The van der Waals surface area contributed by atoms with E-state index in [0.717, 1.165) is 12.1 Å². The Morgan fingerprint density at radius 2 is 1.90 bits per heavy atom. The summed E-state index contributed by atoms with van der Waals surface area (Å²) in [6.45, 7) is 5.75. The summed E-state index contributed by atoms with van der Waals surface area (Å²) in [5.74, 6) is -0.388. The molecule has 0 heterocycles. The standard InChI is InChI=1S/C17H20N2O/c1-12-6-7-16(13(2)8-12)11-19-10-14-4-3-5-15(9-14)17(18)20/h3-9,19H,10-11H2,1-2H3,(H2,18,20). The number of hydrogen-bond donors (Lipinski definition) is 2. The Morgan fingerprint density at radius 3 is 2.60 bits per heavy atom. The molecule has 20 heavy (non-hydrogen) atoms. The molecule has 0 atom stereocenters. The van der Waals surface area contributed by atoms with E-state index in [0.29, 0.717) is 12.1 Å². The summed E-state index contributed by atoms with van der Waals surface area (Å²) in [5.41, 5.74) is 10.8. The van der Waals surface area contributed by atoms with E-state index in [1.807, 2.05) is 18.2 Å². The number of amides is 1. The van der Waals surface area contributed by atoms with Crippen molar-refractivity contribution in [3.05, 3.63) is 70.3 Å². The summed E-state index contributed by atoms with van der Waals surface area (Å²) in [6, 6.07) is 13.9. The van der Waals surface area contributed by atoms with Crippen molar-refractivity contribution < 1.29 is 4.79 Å². The van der Waals surface area contributed by atoms with Gasteiger partial charge in [-0.15, -0.1) is 0 Å². The lowest BCUT2D eigenvalue weighted by Crippen LogP contribution is -2.15. The van der Waals surface area contributed by atoms with Gasteiger partial charge >= 0.3 is 0 Å². The van der Waals surface area contributed by atoms with Crippen LogP contribution in [0.15, 0.2) is 42.5 Å². The van der Waals surface area contributed by atoms with Gasteiger partial charge in [0, 0.05) is 18.7 Å². The van der Waals surface area contributed by atoms with E-state index in [9.17, 15) is 4.79 Å². The molecule has 2 aromatic rings. The fraction of sp³-hybridized carbons (Fsp3) is 0.235. The molecule has 0 radical (unpaired) electrons. The predicted octanol–water partition coefficient (Wildman–Crippen LogP) is 2.69. The number of primary amides is 1. The molecule has 0 unspecified atom stereocenters. The van der Waals surface area contributed by atoms with Gasteiger partial charge in [-0.25, -0.2) is 0 Å². The van der Waals surface area contributed by atoms with Gasteiger partial charge in [-0.2, -0.15) is 0 Å². The van der Waals surface area contributed by atoms with Crippen molar-refractivity contribution >= 4 is 5.91 Å². The first-order valence-corrected chi connectivity index (χ1v) is 6.72. The van der Waals surface area contributed by atoms with Crippen molar-refractivity contribution in [2.24, 2.45) is 5.73 Å². The summed E-state index contributed by atoms with van der Waals surface area (Å²) in [7, 11) is 0. The zero-order valence-corrected chi connectivity index (χ0v) is 11.9. The molecule has 0 aliphatic carbocycles. The highest BCUT2D eigenvalue weighted by atomic mass is 16.1. The van der Waals surface area contributed by atoms with Crippen LogP contribution in [-0.2, 0) is 13.1 Å². The van der Waals surface area contributed by atoms with Gasteiger partial charge in [-0.05, 0) is 42.7 Å². The average Bonchev–Trinajstić information content (AvgIpc) is 2.41. The van der Waals surface area contributed by atoms with Gasteiger partial charge in [0.15, 0.2) is 0 Å². The summed E-state index contributed by atoms with van der Waals surface area (Å²) in [6.07, 6.45) is 0. The average molecular weight is 268 g/mol. The molecule has 2 aromatic carbocycles. The van der Waals surface area contributed by atoms with Gasteiger partial charge in [0.2, 0.25) is 5.91 Å². The number of nitrogens with one attached hydrogen (secondary N) is 1. The third-order valence-corrected chi connectivity index (χ3v) is 3.35. The third kappa shape index (κ3) is 3.68. The lowest BCUT2D eigenvalue weighted by atomic mass is 10.1. The maximum absolute atomic E-state index is 11.1. The van der Waals surface area contributed by atoms with Crippen molar-refractivity contribution in [2.45, 2.75) is 26.9 Å². The van der Waals surface area contributed by atoms with E-state index in [1.165, 1.54) is 16.7 Å². The molecular weight excluding hydrogens is 248 g/mol. The Hall–Kier alpha value is -2.13. The second-order valence-electron chi connectivity index (χ2n) is 5.10. The van der Waals surface area contributed by atoms with Crippen LogP contribution in [0.25, 0.3) is 0 Å². The number of aryl methyl sites for hydroxylation is 2. The lowest BCUT2D eigenvalue weighted by Gasteiger charge is -2.09. The number of nitrogens with two attached hydrogens (primary N) is 1. The molecule has 3 nitrogen and oxygen atoms in total. The van der Waals surface area contributed by atoms with Crippen molar-refractivity contribution in [1.29, 1.82) is 0 Å². The number of hydrogen-bond acceptors (Lipinski definition) is 2. The Balaban J connectivity index is 1.96. The van der Waals surface area contributed by atoms with Crippen molar-refractivity contribution in [3.63, 3.8) is 0 Å². The maximum atomic E-state index is 11.1.